The second-order valence-electron chi connectivity index (χ2n) is 7.57. The summed E-state index contributed by atoms with van der Waals surface area (Å²) in [5, 5.41) is 1.03. The standard InChI is InChI=1S/C23H30ClO5P.Li/c1-13(2)27-16-11-19(28-14(3)4)22(20(12-16)29-15(5)6)30-23(25)21-17(24)9-8-10-18(21)26-7;/h8-15,30H,1-7H3;/q;+1. The van der Waals surface area contributed by atoms with Crippen molar-refractivity contribution >= 4 is 31.0 Å². The zero-order valence-corrected chi connectivity index (χ0v) is 21.3. The molecule has 0 spiro atoms. The smallest absolute Gasteiger partial charge is 0.496 e. The summed E-state index contributed by atoms with van der Waals surface area (Å²) in [5.74, 6) is 2.21. The van der Waals surface area contributed by atoms with Crippen LogP contribution < -0.4 is 43.1 Å². The summed E-state index contributed by atoms with van der Waals surface area (Å²) < 4.78 is 23.3. The van der Waals surface area contributed by atoms with Crippen LogP contribution in [0.5, 0.6) is 23.0 Å². The zero-order valence-electron chi connectivity index (χ0n) is 19.5. The maximum Gasteiger partial charge on any atom is 1.00 e. The van der Waals surface area contributed by atoms with Gasteiger partial charge in [-0.1, -0.05) is 17.7 Å². The molecular formula is C23H30ClLiO5P+. The van der Waals surface area contributed by atoms with Gasteiger partial charge in [-0.2, -0.15) is 0 Å². The summed E-state index contributed by atoms with van der Waals surface area (Å²) in [6, 6.07) is 8.78. The molecule has 2 rings (SSSR count). The van der Waals surface area contributed by atoms with Gasteiger partial charge in [0.15, 0.2) is 5.52 Å². The Bertz CT molecular complexity index is 855. The average Bonchev–Trinajstić information content (AvgIpc) is 2.62. The van der Waals surface area contributed by atoms with Crippen LogP contribution in [-0.2, 0) is 0 Å². The van der Waals surface area contributed by atoms with E-state index in [1.165, 1.54) is 7.11 Å². The van der Waals surface area contributed by atoms with Crippen molar-refractivity contribution < 1.29 is 42.6 Å². The molecule has 164 valence electrons. The van der Waals surface area contributed by atoms with E-state index in [0.717, 1.165) is 0 Å². The fourth-order valence-corrected chi connectivity index (χ4v) is 4.24. The molecule has 0 fully saturated rings. The van der Waals surface area contributed by atoms with E-state index in [9.17, 15) is 4.79 Å². The van der Waals surface area contributed by atoms with Gasteiger partial charge in [0.1, 0.15) is 23.0 Å². The van der Waals surface area contributed by atoms with E-state index in [-0.39, 0.29) is 51.3 Å². The SMILES string of the molecule is COc1cccc(Cl)c1C(=O)Pc1c(OC(C)C)cc(OC(C)C)cc1OC(C)C.[Li+]. The summed E-state index contributed by atoms with van der Waals surface area (Å²) >= 11 is 6.32. The van der Waals surface area contributed by atoms with Crippen LogP contribution in [0.1, 0.15) is 51.9 Å². The van der Waals surface area contributed by atoms with Crippen LogP contribution in [0.4, 0.5) is 0 Å². The van der Waals surface area contributed by atoms with E-state index in [1.807, 2.05) is 53.7 Å². The number of halogens is 1. The molecule has 2 aromatic rings. The molecule has 0 radical (unpaired) electrons. The van der Waals surface area contributed by atoms with E-state index in [1.54, 1.807) is 18.2 Å². The topological polar surface area (TPSA) is 54.0 Å². The van der Waals surface area contributed by atoms with Crippen LogP contribution >= 0.6 is 20.2 Å². The fraction of sp³-hybridized carbons (Fsp3) is 0.435. The third-order valence-electron chi connectivity index (χ3n) is 3.80. The van der Waals surface area contributed by atoms with Gasteiger partial charge in [-0.3, -0.25) is 4.79 Å². The van der Waals surface area contributed by atoms with Gasteiger partial charge in [-0.15, -0.1) is 0 Å². The van der Waals surface area contributed by atoms with Crippen molar-refractivity contribution in [1.82, 2.24) is 0 Å². The van der Waals surface area contributed by atoms with Crippen LogP contribution in [0.15, 0.2) is 30.3 Å². The van der Waals surface area contributed by atoms with Crippen LogP contribution in [0.2, 0.25) is 5.02 Å². The first-order valence-corrected chi connectivity index (χ1v) is 11.3. The number of ether oxygens (including phenoxy) is 4. The number of carbonyl (C=O) groups excluding carboxylic acids is 1. The van der Waals surface area contributed by atoms with Crippen molar-refractivity contribution in [2.24, 2.45) is 0 Å². The summed E-state index contributed by atoms with van der Waals surface area (Å²) in [6.45, 7) is 11.6. The molecule has 0 aliphatic rings. The monoisotopic (exact) mass is 459 g/mol. The van der Waals surface area contributed by atoms with Crippen LogP contribution in [0.25, 0.3) is 0 Å². The number of methoxy groups -OCH3 is 1. The molecule has 0 N–H and O–H groups in total. The first-order valence-electron chi connectivity index (χ1n) is 9.94. The molecule has 5 nitrogen and oxygen atoms in total. The Morgan fingerprint density at radius 2 is 1.39 bits per heavy atom. The van der Waals surface area contributed by atoms with Crippen molar-refractivity contribution in [3.05, 3.63) is 40.9 Å². The van der Waals surface area contributed by atoms with Crippen LogP contribution in [0, 0.1) is 0 Å². The van der Waals surface area contributed by atoms with Crippen molar-refractivity contribution in [2.45, 2.75) is 59.9 Å². The molecule has 1 atom stereocenters. The van der Waals surface area contributed by atoms with E-state index in [2.05, 4.69) is 0 Å². The predicted molar refractivity (Wildman–Crippen MR) is 124 cm³/mol. The van der Waals surface area contributed by atoms with Gasteiger partial charge in [-0.25, -0.2) is 0 Å². The minimum absolute atomic E-state index is 0. The number of hydrogen-bond donors (Lipinski definition) is 0. The Balaban J connectivity index is 0.00000480. The van der Waals surface area contributed by atoms with Crippen LogP contribution in [-0.4, -0.2) is 30.9 Å². The molecule has 1 unspecified atom stereocenters. The molecule has 0 saturated heterocycles. The zero-order chi connectivity index (χ0) is 22.4. The number of rotatable bonds is 10. The summed E-state index contributed by atoms with van der Waals surface area (Å²) in [6.07, 6.45) is -0.175. The molecule has 31 heavy (non-hydrogen) atoms. The average molecular weight is 460 g/mol. The third kappa shape index (κ3) is 7.92. The summed E-state index contributed by atoms with van der Waals surface area (Å²) in [5.41, 5.74) is 0.200. The third-order valence-corrected chi connectivity index (χ3v) is 5.33. The van der Waals surface area contributed by atoms with Gasteiger partial charge in [0.2, 0.25) is 0 Å². The number of benzene rings is 2. The van der Waals surface area contributed by atoms with Crippen LogP contribution in [0.3, 0.4) is 0 Å². The van der Waals surface area contributed by atoms with Gasteiger partial charge < -0.3 is 18.9 Å². The Hall–Kier alpha value is -1.37. The Morgan fingerprint density at radius 1 is 0.871 bits per heavy atom. The Labute approximate surface area is 204 Å². The summed E-state index contributed by atoms with van der Waals surface area (Å²) in [4.78, 5) is 13.3. The molecule has 8 heteroatoms. The van der Waals surface area contributed by atoms with E-state index in [4.69, 9.17) is 30.5 Å². The molecule has 0 aliphatic carbocycles. The van der Waals surface area contributed by atoms with Gasteiger partial charge >= 0.3 is 18.9 Å². The van der Waals surface area contributed by atoms with E-state index < -0.39 is 0 Å². The molecule has 0 aromatic heterocycles. The Morgan fingerprint density at radius 3 is 1.84 bits per heavy atom. The van der Waals surface area contributed by atoms with Crippen molar-refractivity contribution in [2.75, 3.05) is 7.11 Å². The van der Waals surface area contributed by atoms with Crippen molar-refractivity contribution in [1.29, 1.82) is 0 Å². The molecule has 0 aliphatic heterocycles. The first-order chi connectivity index (χ1) is 14.1. The molecule has 2 aromatic carbocycles. The van der Waals surface area contributed by atoms with Gasteiger partial charge in [0.05, 0.1) is 41.3 Å². The maximum absolute atomic E-state index is 13.3. The minimum Gasteiger partial charge on any atom is -0.496 e. The molecular weight excluding hydrogens is 430 g/mol. The normalized spacial score (nSPS) is 11.2. The second kappa shape index (κ2) is 12.6. The van der Waals surface area contributed by atoms with E-state index in [0.29, 0.717) is 38.9 Å². The second-order valence-corrected chi connectivity index (χ2v) is 9.18. The molecule has 0 saturated carbocycles. The molecule has 0 heterocycles. The minimum atomic E-state index is -0.268. The largest absolute Gasteiger partial charge is 1.00 e. The maximum atomic E-state index is 13.3. The van der Waals surface area contributed by atoms with E-state index >= 15 is 0 Å². The van der Waals surface area contributed by atoms with Crippen molar-refractivity contribution in [3.63, 3.8) is 0 Å². The molecule has 0 bridgehead atoms. The van der Waals surface area contributed by atoms with Gasteiger partial charge in [-0.05, 0) is 62.3 Å². The summed E-state index contributed by atoms with van der Waals surface area (Å²) in [7, 11) is 1.25. The quantitative estimate of drug-likeness (QED) is 0.404. The van der Waals surface area contributed by atoms with Crippen molar-refractivity contribution in [3.8, 4) is 23.0 Å². The molecule has 0 amide bonds. The number of hydrogen-bond acceptors (Lipinski definition) is 5. The number of carbonyl (C=O) groups is 1. The van der Waals surface area contributed by atoms with Gasteiger partial charge in [0.25, 0.3) is 0 Å². The Kier molecular flexibility index (Phi) is 11.3. The van der Waals surface area contributed by atoms with Gasteiger partial charge in [0, 0.05) is 12.1 Å². The first kappa shape index (κ1) is 27.7. The fourth-order valence-electron chi connectivity index (χ4n) is 2.79. The predicted octanol–water partition coefficient (Wildman–Crippen LogP) is 2.86.